The summed E-state index contributed by atoms with van der Waals surface area (Å²) in [6.07, 6.45) is -0.164. The summed E-state index contributed by atoms with van der Waals surface area (Å²) < 4.78 is 26.1. The van der Waals surface area contributed by atoms with Gasteiger partial charge in [0, 0.05) is 12.2 Å². The quantitative estimate of drug-likeness (QED) is 0.675. The zero-order chi connectivity index (χ0) is 13.1. The fraction of sp³-hybridized carbons (Fsp3) is 0.455. The molecule has 1 aromatic rings. The van der Waals surface area contributed by atoms with Gasteiger partial charge in [-0.3, -0.25) is 0 Å². The van der Waals surface area contributed by atoms with Gasteiger partial charge in [0.05, 0.1) is 11.0 Å². The number of benzene rings is 1. The number of nitrogens with two attached hydrogens (primary N) is 1. The molecule has 1 rings (SSSR count). The molecule has 0 aliphatic rings. The molecular weight excluding hydrogens is 240 g/mol. The first-order valence-electron chi connectivity index (χ1n) is 5.40. The third-order valence-electron chi connectivity index (χ3n) is 2.53. The van der Waals surface area contributed by atoms with Gasteiger partial charge in [-0.05, 0) is 37.1 Å². The first-order chi connectivity index (χ1) is 7.86. The molecule has 4 N–H and O–H groups in total. The number of hydrogen-bond acceptors (Lipinski definition) is 4. The van der Waals surface area contributed by atoms with Gasteiger partial charge in [-0.15, -0.1) is 0 Å². The monoisotopic (exact) mass is 258 g/mol. The maximum absolute atomic E-state index is 11.9. The molecule has 0 aliphatic carbocycles. The van der Waals surface area contributed by atoms with Crippen LogP contribution in [0.4, 0.5) is 5.69 Å². The van der Waals surface area contributed by atoms with Crippen molar-refractivity contribution in [3.05, 3.63) is 23.8 Å². The predicted molar refractivity (Wildman–Crippen MR) is 67.1 cm³/mol. The van der Waals surface area contributed by atoms with Crippen LogP contribution in [0.25, 0.3) is 0 Å². The highest BCUT2D eigenvalue weighted by Gasteiger charge is 2.15. The summed E-state index contributed by atoms with van der Waals surface area (Å²) in [6, 6.07) is 4.51. The molecule has 1 unspecified atom stereocenters. The number of sulfonamides is 1. The van der Waals surface area contributed by atoms with E-state index < -0.39 is 16.1 Å². The Morgan fingerprint density at radius 1 is 1.47 bits per heavy atom. The van der Waals surface area contributed by atoms with Crippen molar-refractivity contribution in [3.63, 3.8) is 0 Å². The van der Waals surface area contributed by atoms with Crippen molar-refractivity contribution in [1.82, 2.24) is 4.72 Å². The van der Waals surface area contributed by atoms with Gasteiger partial charge in [-0.1, -0.05) is 6.92 Å². The standard InChI is InChI=1S/C11H18N2O3S/c1-3-9(14)7-13-17(15,16)10-4-5-11(12)8(2)6-10/h4-6,9,13-14H,3,7,12H2,1-2H3. The highest BCUT2D eigenvalue weighted by molar-refractivity contribution is 7.89. The minimum Gasteiger partial charge on any atom is -0.399 e. The molecule has 96 valence electrons. The maximum atomic E-state index is 11.9. The van der Waals surface area contributed by atoms with Gasteiger partial charge in [0.2, 0.25) is 10.0 Å². The van der Waals surface area contributed by atoms with E-state index >= 15 is 0 Å². The van der Waals surface area contributed by atoms with Crippen LogP contribution in [0.5, 0.6) is 0 Å². The van der Waals surface area contributed by atoms with Crippen molar-refractivity contribution in [3.8, 4) is 0 Å². The van der Waals surface area contributed by atoms with Crippen LogP contribution in [0.1, 0.15) is 18.9 Å². The molecule has 1 atom stereocenters. The first kappa shape index (κ1) is 14.0. The van der Waals surface area contributed by atoms with Gasteiger partial charge in [0.15, 0.2) is 0 Å². The Labute approximate surface area is 102 Å². The second-order valence-corrected chi connectivity index (χ2v) is 5.70. The lowest BCUT2D eigenvalue weighted by molar-refractivity contribution is 0.174. The van der Waals surface area contributed by atoms with Crippen molar-refractivity contribution in [1.29, 1.82) is 0 Å². The normalized spacial score (nSPS) is 13.6. The van der Waals surface area contributed by atoms with E-state index in [4.69, 9.17) is 5.73 Å². The molecule has 5 nitrogen and oxygen atoms in total. The lowest BCUT2D eigenvalue weighted by Crippen LogP contribution is -2.31. The summed E-state index contributed by atoms with van der Waals surface area (Å²) in [5, 5.41) is 9.32. The molecule has 0 saturated heterocycles. The Morgan fingerprint density at radius 2 is 2.12 bits per heavy atom. The van der Waals surface area contributed by atoms with E-state index in [-0.39, 0.29) is 11.4 Å². The van der Waals surface area contributed by atoms with Gasteiger partial charge in [-0.25, -0.2) is 13.1 Å². The van der Waals surface area contributed by atoms with Crippen LogP contribution in [0.2, 0.25) is 0 Å². The van der Waals surface area contributed by atoms with Gasteiger partial charge >= 0.3 is 0 Å². The van der Waals surface area contributed by atoms with Crippen LogP contribution in [0.3, 0.4) is 0 Å². The highest BCUT2D eigenvalue weighted by Crippen LogP contribution is 2.16. The second-order valence-electron chi connectivity index (χ2n) is 3.93. The average Bonchev–Trinajstić information content (AvgIpc) is 2.29. The van der Waals surface area contributed by atoms with Gasteiger partial charge in [-0.2, -0.15) is 0 Å². The van der Waals surface area contributed by atoms with Crippen molar-refractivity contribution in [2.75, 3.05) is 12.3 Å². The van der Waals surface area contributed by atoms with Crippen LogP contribution in [0.15, 0.2) is 23.1 Å². The predicted octanol–water partition coefficient (Wildman–Crippen LogP) is 0.626. The fourth-order valence-electron chi connectivity index (χ4n) is 1.25. The molecule has 17 heavy (non-hydrogen) atoms. The summed E-state index contributed by atoms with van der Waals surface area (Å²) in [4.78, 5) is 0.160. The Hall–Kier alpha value is -1.11. The summed E-state index contributed by atoms with van der Waals surface area (Å²) in [6.45, 7) is 3.55. The lowest BCUT2D eigenvalue weighted by atomic mass is 10.2. The van der Waals surface area contributed by atoms with Crippen LogP contribution < -0.4 is 10.5 Å². The molecule has 0 fully saturated rings. The minimum absolute atomic E-state index is 0.0161. The Balaban J connectivity index is 2.86. The summed E-state index contributed by atoms with van der Waals surface area (Å²) in [5.41, 5.74) is 6.89. The first-order valence-corrected chi connectivity index (χ1v) is 6.89. The van der Waals surface area contributed by atoms with Crippen LogP contribution in [-0.2, 0) is 10.0 Å². The number of aliphatic hydroxyl groups is 1. The SMILES string of the molecule is CCC(O)CNS(=O)(=O)c1ccc(N)c(C)c1. The number of nitrogen functional groups attached to an aromatic ring is 1. The largest absolute Gasteiger partial charge is 0.399 e. The molecule has 0 aromatic heterocycles. The smallest absolute Gasteiger partial charge is 0.240 e. The second kappa shape index (κ2) is 5.48. The number of aryl methyl sites for hydroxylation is 1. The topological polar surface area (TPSA) is 92.4 Å². The number of anilines is 1. The Bertz CT molecular complexity index is 485. The Kier molecular flexibility index (Phi) is 4.50. The number of hydrogen-bond donors (Lipinski definition) is 3. The molecular formula is C11H18N2O3S. The van der Waals surface area contributed by atoms with Crippen molar-refractivity contribution < 1.29 is 13.5 Å². The minimum atomic E-state index is -3.57. The van der Waals surface area contributed by atoms with Crippen molar-refractivity contribution in [2.45, 2.75) is 31.3 Å². The van der Waals surface area contributed by atoms with E-state index in [1.165, 1.54) is 12.1 Å². The van der Waals surface area contributed by atoms with E-state index in [2.05, 4.69) is 4.72 Å². The molecule has 1 aromatic carbocycles. The van der Waals surface area contributed by atoms with Crippen LogP contribution in [0, 0.1) is 6.92 Å². The zero-order valence-electron chi connectivity index (χ0n) is 9.97. The molecule has 0 aliphatic heterocycles. The molecule has 0 amide bonds. The molecule has 0 heterocycles. The van der Waals surface area contributed by atoms with E-state index in [0.717, 1.165) is 0 Å². The van der Waals surface area contributed by atoms with E-state index in [1.54, 1.807) is 19.9 Å². The van der Waals surface area contributed by atoms with E-state index in [0.29, 0.717) is 17.7 Å². The number of nitrogens with one attached hydrogen (secondary N) is 1. The van der Waals surface area contributed by atoms with Crippen LogP contribution >= 0.6 is 0 Å². The van der Waals surface area contributed by atoms with Gasteiger partial charge < -0.3 is 10.8 Å². The van der Waals surface area contributed by atoms with E-state index in [9.17, 15) is 13.5 Å². The van der Waals surface area contributed by atoms with Crippen LogP contribution in [-0.4, -0.2) is 26.2 Å². The molecule has 0 radical (unpaired) electrons. The van der Waals surface area contributed by atoms with Crippen molar-refractivity contribution >= 4 is 15.7 Å². The van der Waals surface area contributed by atoms with Gasteiger partial charge in [0.1, 0.15) is 0 Å². The molecule has 0 bridgehead atoms. The zero-order valence-corrected chi connectivity index (χ0v) is 10.8. The number of rotatable bonds is 5. The third-order valence-corrected chi connectivity index (χ3v) is 3.95. The van der Waals surface area contributed by atoms with Crippen molar-refractivity contribution in [2.24, 2.45) is 0 Å². The molecule has 0 saturated carbocycles. The summed E-state index contributed by atoms with van der Waals surface area (Å²) >= 11 is 0. The summed E-state index contributed by atoms with van der Waals surface area (Å²) in [5.74, 6) is 0. The fourth-order valence-corrected chi connectivity index (χ4v) is 2.41. The molecule has 6 heteroatoms. The molecule has 0 spiro atoms. The maximum Gasteiger partial charge on any atom is 0.240 e. The van der Waals surface area contributed by atoms with E-state index in [1.807, 2.05) is 0 Å². The number of aliphatic hydroxyl groups excluding tert-OH is 1. The third kappa shape index (κ3) is 3.69. The highest BCUT2D eigenvalue weighted by atomic mass is 32.2. The van der Waals surface area contributed by atoms with Gasteiger partial charge in [0.25, 0.3) is 0 Å². The Morgan fingerprint density at radius 3 is 2.65 bits per heavy atom. The average molecular weight is 258 g/mol. The summed E-state index contributed by atoms with van der Waals surface area (Å²) in [7, 11) is -3.57. The lowest BCUT2D eigenvalue weighted by Gasteiger charge is -2.11.